The Labute approximate surface area is 176 Å². The summed E-state index contributed by atoms with van der Waals surface area (Å²) in [6.45, 7) is 4.79. The number of allylic oxidation sites excluding steroid dienone is 1. The van der Waals surface area contributed by atoms with Crippen molar-refractivity contribution in [3.63, 3.8) is 0 Å². The minimum absolute atomic E-state index is 0.0121. The van der Waals surface area contributed by atoms with Gasteiger partial charge in [-0.3, -0.25) is 4.79 Å². The summed E-state index contributed by atoms with van der Waals surface area (Å²) in [6.07, 6.45) is 2.97. The maximum absolute atomic E-state index is 13.5. The summed E-state index contributed by atoms with van der Waals surface area (Å²) < 4.78 is 46.4. The number of rotatable bonds is 7. The molecule has 1 N–H and O–H groups in total. The minimum Gasteiger partial charge on any atom is -0.489 e. The second-order valence-corrected chi connectivity index (χ2v) is 9.45. The Morgan fingerprint density at radius 3 is 2.57 bits per heavy atom. The lowest BCUT2D eigenvalue weighted by molar-refractivity contribution is -0.140. The molecular weight excluding hydrogens is 393 g/mol. The molecule has 0 unspecified atom stereocenters. The summed E-state index contributed by atoms with van der Waals surface area (Å²) in [5.41, 5.74) is 2.08. The third kappa shape index (κ3) is 5.79. The zero-order chi connectivity index (χ0) is 21.9. The Bertz CT molecular complexity index is 802. The quantitative estimate of drug-likeness (QED) is 0.490. The van der Waals surface area contributed by atoms with Gasteiger partial charge in [0, 0.05) is 6.42 Å². The van der Waals surface area contributed by atoms with Gasteiger partial charge in [-0.05, 0) is 73.1 Å². The Morgan fingerprint density at radius 1 is 1.23 bits per heavy atom. The smallest absolute Gasteiger partial charge is 0.416 e. The predicted molar refractivity (Wildman–Crippen MR) is 110 cm³/mol. The fraction of sp³-hybridized carbons (Fsp3) is 0.625. The maximum Gasteiger partial charge on any atom is 0.416 e. The van der Waals surface area contributed by atoms with Crippen molar-refractivity contribution < 1.29 is 27.8 Å². The molecule has 0 spiro atoms. The molecular formula is C24H31F3O3. The van der Waals surface area contributed by atoms with Crippen LogP contribution in [0.5, 0.6) is 5.75 Å². The number of ether oxygens (including phenoxy) is 1. The second kappa shape index (κ2) is 9.03. The topological polar surface area (TPSA) is 46.5 Å². The highest BCUT2D eigenvalue weighted by Crippen LogP contribution is 2.45. The third-order valence-electron chi connectivity index (χ3n) is 6.47. The van der Waals surface area contributed by atoms with Crippen molar-refractivity contribution in [1.82, 2.24) is 0 Å². The van der Waals surface area contributed by atoms with Crippen LogP contribution in [0.1, 0.15) is 76.3 Å². The molecule has 0 aromatic heterocycles. The molecule has 6 heteroatoms. The van der Waals surface area contributed by atoms with Crippen LogP contribution in [0.2, 0.25) is 0 Å². The molecule has 1 aromatic rings. The van der Waals surface area contributed by atoms with E-state index in [1.165, 1.54) is 49.0 Å². The van der Waals surface area contributed by atoms with E-state index in [1.807, 2.05) is 0 Å². The summed E-state index contributed by atoms with van der Waals surface area (Å²) in [6, 6.07) is 3.88. The minimum atomic E-state index is -4.55. The Hall–Kier alpha value is -1.98. The van der Waals surface area contributed by atoms with Gasteiger partial charge in [0.15, 0.2) is 0 Å². The zero-order valence-electron chi connectivity index (χ0n) is 17.8. The highest BCUT2D eigenvalue weighted by molar-refractivity contribution is 5.67. The van der Waals surface area contributed by atoms with Gasteiger partial charge in [0.25, 0.3) is 0 Å². The van der Waals surface area contributed by atoms with E-state index < -0.39 is 17.7 Å². The van der Waals surface area contributed by atoms with Gasteiger partial charge in [-0.25, -0.2) is 0 Å². The van der Waals surface area contributed by atoms with Crippen LogP contribution >= 0.6 is 0 Å². The number of alkyl halides is 3. The maximum atomic E-state index is 13.5. The number of halogens is 3. The van der Waals surface area contributed by atoms with Crippen LogP contribution < -0.4 is 4.74 Å². The van der Waals surface area contributed by atoms with E-state index in [0.717, 1.165) is 25.3 Å². The molecule has 1 fully saturated rings. The van der Waals surface area contributed by atoms with Crippen molar-refractivity contribution in [2.75, 3.05) is 6.61 Å². The number of hydrogen-bond donors (Lipinski definition) is 1. The van der Waals surface area contributed by atoms with Crippen LogP contribution in [0.3, 0.4) is 0 Å². The molecule has 3 nitrogen and oxygen atoms in total. The normalized spacial score (nSPS) is 19.9. The lowest BCUT2D eigenvalue weighted by Crippen LogP contribution is -2.24. The SMILES string of the molecule is CC1(C)CCC(C2CCCC2)=C(COc2ccc(CCC(=O)O)c(C(F)(F)F)c2)C1. The van der Waals surface area contributed by atoms with E-state index in [9.17, 15) is 18.0 Å². The average molecular weight is 425 g/mol. The Morgan fingerprint density at radius 2 is 1.93 bits per heavy atom. The van der Waals surface area contributed by atoms with E-state index in [4.69, 9.17) is 9.84 Å². The molecule has 0 aliphatic heterocycles. The Balaban J connectivity index is 1.79. The number of carbonyl (C=O) groups is 1. The van der Waals surface area contributed by atoms with Gasteiger partial charge >= 0.3 is 12.1 Å². The molecule has 0 amide bonds. The van der Waals surface area contributed by atoms with Crippen molar-refractivity contribution in [3.8, 4) is 5.75 Å². The summed E-state index contributed by atoms with van der Waals surface area (Å²) in [5.74, 6) is -0.332. The molecule has 0 radical (unpaired) electrons. The first-order valence-corrected chi connectivity index (χ1v) is 10.8. The first-order chi connectivity index (χ1) is 14.0. The van der Waals surface area contributed by atoms with E-state index in [2.05, 4.69) is 13.8 Å². The van der Waals surface area contributed by atoms with Gasteiger partial charge < -0.3 is 9.84 Å². The molecule has 30 heavy (non-hydrogen) atoms. The first kappa shape index (κ1) is 22.7. The highest BCUT2D eigenvalue weighted by atomic mass is 19.4. The number of benzene rings is 1. The standard InChI is InChI=1S/C24H31F3O3/c1-23(2)12-11-20(16-5-3-4-6-16)18(14-23)15-30-19-9-7-17(8-10-22(28)29)21(13-19)24(25,26)27/h7,9,13,16H,3-6,8,10-12,14-15H2,1-2H3,(H,28,29). The number of aryl methyl sites for hydroxylation is 1. The van der Waals surface area contributed by atoms with Crippen LogP contribution in [0.4, 0.5) is 13.2 Å². The van der Waals surface area contributed by atoms with Gasteiger partial charge in [0.2, 0.25) is 0 Å². The molecule has 2 aliphatic rings. The molecule has 166 valence electrons. The molecule has 0 heterocycles. The van der Waals surface area contributed by atoms with Gasteiger partial charge in [-0.1, -0.05) is 38.3 Å². The number of carboxylic acids is 1. The third-order valence-corrected chi connectivity index (χ3v) is 6.47. The number of hydrogen-bond acceptors (Lipinski definition) is 2. The van der Waals surface area contributed by atoms with E-state index in [1.54, 1.807) is 0 Å². The van der Waals surface area contributed by atoms with Crippen molar-refractivity contribution >= 4 is 5.97 Å². The van der Waals surface area contributed by atoms with E-state index in [0.29, 0.717) is 12.5 Å². The van der Waals surface area contributed by atoms with Crippen molar-refractivity contribution in [2.24, 2.45) is 11.3 Å². The van der Waals surface area contributed by atoms with E-state index in [-0.39, 0.29) is 29.6 Å². The summed E-state index contributed by atoms with van der Waals surface area (Å²) >= 11 is 0. The van der Waals surface area contributed by atoms with Crippen LogP contribution in [0, 0.1) is 11.3 Å². The van der Waals surface area contributed by atoms with Crippen LogP contribution in [0.15, 0.2) is 29.3 Å². The molecule has 0 bridgehead atoms. The van der Waals surface area contributed by atoms with Gasteiger partial charge in [0.05, 0.1) is 5.56 Å². The fourth-order valence-electron chi connectivity index (χ4n) is 4.88. The van der Waals surface area contributed by atoms with Gasteiger partial charge in [-0.2, -0.15) is 13.2 Å². The lowest BCUT2D eigenvalue weighted by atomic mass is 9.71. The first-order valence-electron chi connectivity index (χ1n) is 10.8. The molecule has 1 saturated carbocycles. The highest BCUT2D eigenvalue weighted by Gasteiger charge is 2.34. The predicted octanol–water partition coefficient (Wildman–Crippen LogP) is 6.80. The number of carboxylic acid groups (broad SMARTS) is 1. The summed E-state index contributed by atoms with van der Waals surface area (Å²) in [4.78, 5) is 10.8. The lowest BCUT2D eigenvalue weighted by Gasteiger charge is -2.35. The summed E-state index contributed by atoms with van der Waals surface area (Å²) in [7, 11) is 0. The molecule has 0 atom stereocenters. The molecule has 0 saturated heterocycles. The van der Waals surface area contributed by atoms with Gasteiger partial charge in [-0.15, -0.1) is 0 Å². The van der Waals surface area contributed by atoms with Crippen molar-refractivity contribution in [2.45, 2.75) is 77.8 Å². The number of aliphatic carboxylic acids is 1. The molecule has 1 aromatic carbocycles. The largest absolute Gasteiger partial charge is 0.489 e. The van der Waals surface area contributed by atoms with Crippen LogP contribution in [0.25, 0.3) is 0 Å². The van der Waals surface area contributed by atoms with E-state index >= 15 is 0 Å². The summed E-state index contributed by atoms with van der Waals surface area (Å²) in [5, 5.41) is 8.80. The average Bonchev–Trinajstić information content (AvgIpc) is 3.18. The Kier molecular flexibility index (Phi) is 6.83. The monoisotopic (exact) mass is 424 g/mol. The second-order valence-electron chi connectivity index (χ2n) is 9.45. The molecule has 3 rings (SSSR count). The van der Waals surface area contributed by atoms with Crippen molar-refractivity contribution in [3.05, 3.63) is 40.5 Å². The van der Waals surface area contributed by atoms with Crippen molar-refractivity contribution in [1.29, 1.82) is 0 Å². The molecule has 2 aliphatic carbocycles. The van der Waals surface area contributed by atoms with Crippen LogP contribution in [-0.2, 0) is 17.4 Å². The fourth-order valence-corrected chi connectivity index (χ4v) is 4.88. The van der Waals surface area contributed by atoms with Crippen LogP contribution in [-0.4, -0.2) is 17.7 Å². The zero-order valence-corrected chi connectivity index (χ0v) is 17.8. The van der Waals surface area contributed by atoms with Gasteiger partial charge in [0.1, 0.15) is 12.4 Å².